The predicted molar refractivity (Wildman–Crippen MR) is 115 cm³/mol. The van der Waals surface area contributed by atoms with Gasteiger partial charge in [-0.2, -0.15) is 13.1 Å². The second kappa shape index (κ2) is 9.21. The molecule has 3 rings (SSSR count). The van der Waals surface area contributed by atoms with Crippen molar-refractivity contribution in [1.29, 1.82) is 0 Å². The molecular weight excluding hydrogens is 388 g/mol. The van der Waals surface area contributed by atoms with E-state index in [0.717, 1.165) is 36.8 Å². The molecule has 7 nitrogen and oxygen atoms in total. The quantitative estimate of drug-likeness (QED) is 0.475. The molecule has 1 saturated carbocycles. The summed E-state index contributed by atoms with van der Waals surface area (Å²) in [6.07, 6.45) is 6.34. The topological polar surface area (TPSA) is 103 Å². The molecule has 0 radical (unpaired) electrons. The van der Waals surface area contributed by atoms with E-state index in [1.165, 1.54) is 0 Å². The lowest BCUT2D eigenvalue weighted by Gasteiger charge is -2.28. The largest absolute Gasteiger partial charge is 0.387 e. The van der Waals surface area contributed by atoms with Crippen LogP contribution in [0.5, 0.6) is 0 Å². The lowest BCUT2D eigenvalue weighted by atomic mass is 9.94. The molecule has 1 fully saturated rings. The highest BCUT2D eigenvalue weighted by molar-refractivity contribution is 7.90. The third-order valence-electron chi connectivity index (χ3n) is 5.12. The molecule has 2 aromatic rings. The molecule has 0 saturated heterocycles. The summed E-state index contributed by atoms with van der Waals surface area (Å²) in [5, 5.41) is 13.7. The Morgan fingerprint density at radius 2 is 1.93 bits per heavy atom. The van der Waals surface area contributed by atoms with Gasteiger partial charge in [0.1, 0.15) is 0 Å². The molecule has 29 heavy (non-hydrogen) atoms. The fourth-order valence-corrected chi connectivity index (χ4v) is 4.44. The van der Waals surface area contributed by atoms with Crippen molar-refractivity contribution in [2.45, 2.75) is 57.2 Å². The number of aliphatic hydroxyl groups excluding tert-OH is 1. The Morgan fingerprint density at radius 3 is 2.52 bits per heavy atom. The molecule has 0 aliphatic heterocycles. The zero-order valence-electron chi connectivity index (χ0n) is 16.9. The van der Waals surface area contributed by atoms with Gasteiger partial charge in [0, 0.05) is 41.8 Å². The van der Waals surface area contributed by atoms with Crippen LogP contribution >= 0.6 is 0 Å². The standard InChI is InChI=1S/C21H30N4O3S/c1-21(2,23-15-20(26)17-5-4-12-22-14-17)13-16-8-10-19(11-9-16)25-29(27,28)24-18-6-3-7-18/h4-5,8-12,14,18,20,23-26H,3,6-7,13,15H2,1-2H3. The average Bonchev–Trinajstić information content (AvgIpc) is 2.65. The summed E-state index contributed by atoms with van der Waals surface area (Å²) < 4.78 is 29.5. The van der Waals surface area contributed by atoms with Gasteiger partial charge in [-0.15, -0.1) is 0 Å². The van der Waals surface area contributed by atoms with E-state index < -0.39 is 16.3 Å². The molecule has 0 spiro atoms. The van der Waals surface area contributed by atoms with Gasteiger partial charge in [-0.1, -0.05) is 24.6 Å². The summed E-state index contributed by atoms with van der Waals surface area (Å²) in [5.74, 6) is 0. The first kappa shape index (κ1) is 21.7. The van der Waals surface area contributed by atoms with Gasteiger partial charge >= 0.3 is 0 Å². The summed E-state index contributed by atoms with van der Waals surface area (Å²) in [6, 6.07) is 11.1. The van der Waals surface area contributed by atoms with Crippen LogP contribution < -0.4 is 14.8 Å². The summed E-state index contributed by atoms with van der Waals surface area (Å²) in [4.78, 5) is 4.03. The van der Waals surface area contributed by atoms with Crippen molar-refractivity contribution < 1.29 is 13.5 Å². The first-order valence-corrected chi connectivity index (χ1v) is 11.4. The Balaban J connectivity index is 1.51. The lowest BCUT2D eigenvalue weighted by Crippen LogP contribution is -2.43. The second-order valence-corrected chi connectivity index (χ2v) is 9.74. The normalized spacial score (nSPS) is 16.2. The summed E-state index contributed by atoms with van der Waals surface area (Å²) in [6.45, 7) is 4.56. The lowest BCUT2D eigenvalue weighted by molar-refractivity contribution is 0.160. The van der Waals surface area contributed by atoms with Gasteiger partial charge in [0.25, 0.3) is 10.2 Å². The molecule has 158 valence electrons. The van der Waals surface area contributed by atoms with Crippen LogP contribution in [0.15, 0.2) is 48.8 Å². The van der Waals surface area contributed by atoms with Crippen molar-refractivity contribution in [3.63, 3.8) is 0 Å². The summed E-state index contributed by atoms with van der Waals surface area (Å²) >= 11 is 0. The number of nitrogens with zero attached hydrogens (tertiary/aromatic N) is 1. The van der Waals surface area contributed by atoms with E-state index >= 15 is 0 Å². The number of nitrogens with one attached hydrogen (secondary N) is 3. The number of β-amino-alcohol motifs (C(OH)–C–C–N with tert-alkyl or cyclic N) is 1. The minimum atomic E-state index is -3.53. The third-order valence-corrected chi connectivity index (χ3v) is 6.27. The Hall–Kier alpha value is -2.00. The van der Waals surface area contributed by atoms with Crippen molar-refractivity contribution in [1.82, 2.24) is 15.0 Å². The molecular formula is C21H30N4O3S. The summed E-state index contributed by atoms with van der Waals surface area (Å²) in [7, 11) is -3.53. The fraction of sp³-hybridized carbons (Fsp3) is 0.476. The van der Waals surface area contributed by atoms with Crippen LogP contribution in [0.25, 0.3) is 0 Å². The van der Waals surface area contributed by atoms with Gasteiger partial charge < -0.3 is 10.4 Å². The molecule has 0 amide bonds. The maximum atomic E-state index is 12.1. The van der Waals surface area contributed by atoms with Crippen LogP contribution in [0.2, 0.25) is 0 Å². The number of aliphatic hydroxyl groups is 1. The first-order chi connectivity index (χ1) is 13.7. The Morgan fingerprint density at radius 1 is 1.21 bits per heavy atom. The van der Waals surface area contributed by atoms with Crippen LogP contribution in [0.3, 0.4) is 0 Å². The third kappa shape index (κ3) is 6.78. The first-order valence-electron chi connectivity index (χ1n) is 9.94. The molecule has 0 bridgehead atoms. The highest BCUT2D eigenvalue weighted by atomic mass is 32.2. The molecule has 1 aliphatic carbocycles. The van der Waals surface area contributed by atoms with Crippen LogP contribution in [0.1, 0.15) is 50.3 Å². The van der Waals surface area contributed by atoms with Gasteiger partial charge in [-0.05, 0) is 56.9 Å². The number of rotatable bonds is 10. The molecule has 4 N–H and O–H groups in total. The maximum absolute atomic E-state index is 12.1. The highest BCUT2D eigenvalue weighted by Gasteiger charge is 2.23. The number of benzene rings is 1. The number of pyridine rings is 1. The molecule has 1 heterocycles. The van der Waals surface area contributed by atoms with Crippen LogP contribution in [-0.4, -0.2) is 36.6 Å². The number of hydrogen-bond donors (Lipinski definition) is 4. The Labute approximate surface area is 173 Å². The van der Waals surface area contributed by atoms with Crippen molar-refractivity contribution in [3.8, 4) is 0 Å². The van der Waals surface area contributed by atoms with E-state index in [1.54, 1.807) is 30.6 Å². The summed E-state index contributed by atoms with van der Waals surface area (Å²) in [5.41, 5.74) is 2.16. The smallest absolute Gasteiger partial charge is 0.299 e. The monoisotopic (exact) mass is 418 g/mol. The van der Waals surface area contributed by atoms with Gasteiger partial charge in [-0.25, -0.2) is 0 Å². The zero-order chi connectivity index (χ0) is 20.9. The van der Waals surface area contributed by atoms with E-state index in [2.05, 4.69) is 33.6 Å². The van der Waals surface area contributed by atoms with Gasteiger partial charge in [0.15, 0.2) is 0 Å². The number of hydrogen-bond acceptors (Lipinski definition) is 5. The highest BCUT2D eigenvalue weighted by Crippen LogP contribution is 2.21. The Kier molecular flexibility index (Phi) is 6.89. The predicted octanol–water partition coefficient (Wildman–Crippen LogP) is 2.52. The van der Waals surface area contributed by atoms with E-state index in [1.807, 2.05) is 18.2 Å². The molecule has 1 aliphatic rings. The van der Waals surface area contributed by atoms with E-state index in [9.17, 15) is 13.5 Å². The molecule has 1 atom stereocenters. The van der Waals surface area contributed by atoms with Crippen molar-refractivity contribution >= 4 is 15.9 Å². The Bertz CT molecular complexity index is 882. The fourth-order valence-electron chi connectivity index (χ4n) is 3.26. The number of aromatic nitrogens is 1. The van der Waals surface area contributed by atoms with Crippen LogP contribution in [0, 0.1) is 0 Å². The number of anilines is 1. The van der Waals surface area contributed by atoms with E-state index in [0.29, 0.717) is 12.2 Å². The molecule has 1 aromatic heterocycles. The van der Waals surface area contributed by atoms with Crippen LogP contribution in [0.4, 0.5) is 5.69 Å². The minimum absolute atomic E-state index is 0.0562. The molecule has 1 unspecified atom stereocenters. The van der Waals surface area contributed by atoms with Gasteiger partial charge in [0.2, 0.25) is 0 Å². The second-order valence-electron chi connectivity index (χ2n) is 8.29. The van der Waals surface area contributed by atoms with Crippen molar-refractivity contribution in [3.05, 3.63) is 59.9 Å². The van der Waals surface area contributed by atoms with Crippen molar-refractivity contribution in [2.75, 3.05) is 11.3 Å². The van der Waals surface area contributed by atoms with Crippen molar-refractivity contribution in [2.24, 2.45) is 0 Å². The van der Waals surface area contributed by atoms with Gasteiger partial charge in [-0.3, -0.25) is 9.71 Å². The zero-order valence-corrected chi connectivity index (χ0v) is 17.7. The van der Waals surface area contributed by atoms with Gasteiger partial charge in [0.05, 0.1) is 6.10 Å². The minimum Gasteiger partial charge on any atom is -0.387 e. The van der Waals surface area contributed by atoms with E-state index in [4.69, 9.17) is 0 Å². The average molecular weight is 419 g/mol. The molecule has 8 heteroatoms. The SMILES string of the molecule is CC(C)(Cc1ccc(NS(=O)(=O)NC2CCC2)cc1)NCC(O)c1cccnc1. The van der Waals surface area contributed by atoms with E-state index in [-0.39, 0.29) is 11.6 Å². The van der Waals surface area contributed by atoms with Crippen LogP contribution in [-0.2, 0) is 16.6 Å². The molecule has 1 aromatic carbocycles. The maximum Gasteiger partial charge on any atom is 0.299 e.